The van der Waals surface area contributed by atoms with E-state index in [1.165, 1.54) is 0 Å². The minimum atomic E-state index is -1.22. The third-order valence-electron chi connectivity index (χ3n) is 2.92. The van der Waals surface area contributed by atoms with E-state index in [0.29, 0.717) is 11.6 Å². The number of hydrogen-bond acceptors (Lipinski definition) is 1. The summed E-state index contributed by atoms with van der Waals surface area (Å²) in [6, 6.07) is 5.73. The predicted octanol–water partition coefficient (Wildman–Crippen LogP) is 4.22. The van der Waals surface area contributed by atoms with E-state index >= 15 is 0 Å². The number of rotatable bonds is 2. The van der Waals surface area contributed by atoms with Crippen molar-refractivity contribution in [2.24, 2.45) is 5.73 Å². The Morgan fingerprint density at radius 3 is 2.26 bits per heavy atom. The van der Waals surface area contributed by atoms with Gasteiger partial charge in [-0.3, -0.25) is 0 Å². The highest BCUT2D eigenvalue weighted by atomic mass is 79.9. The van der Waals surface area contributed by atoms with Crippen LogP contribution in [0.5, 0.6) is 0 Å². The van der Waals surface area contributed by atoms with Crippen LogP contribution in [0.1, 0.15) is 22.7 Å². The van der Waals surface area contributed by atoms with Crippen molar-refractivity contribution in [1.29, 1.82) is 0 Å². The lowest BCUT2D eigenvalue weighted by Gasteiger charge is -2.15. The Bertz CT molecular complexity index is 628. The van der Waals surface area contributed by atoms with E-state index in [1.54, 1.807) is 18.2 Å². The first-order chi connectivity index (χ1) is 8.90. The SMILES string of the molecule is Cc1cc(C(N)c2cc(F)c(F)cc2F)ccc1Br. The zero-order valence-electron chi connectivity index (χ0n) is 10.1. The quantitative estimate of drug-likeness (QED) is 0.820. The summed E-state index contributed by atoms with van der Waals surface area (Å²) >= 11 is 3.35. The van der Waals surface area contributed by atoms with Gasteiger partial charge in [0.25, 0.3) is 0 Å². The molecule has 5 heteroatoms. The summed E-state index contributed by atoms with van der Waals surface area (Å²) in [6.45, 7) is 1.86. The standard InChI is InChI=1S/C14H11BrF3N/c1-7-4-8(2-3-10(7)15)14(19)9-5-12(17)13(18)6-11(9)16/h2-6,14H,19H2,1H3. The van der Waals surface area contributed by atoms with Crippen LogP contribution in [0.4, 0.5) is 13.2 Å². The van der Waals surface area contributed by atoms with Crippen LogP contribution < -0.4 is 5.73 Å². The minimum absolute atomic E-state index is 0.0689. The Labute approximate surface area is 117 Å². The van der Waals surface area contributed by atoms with Gasteiger partial charge in [0.1, 0.15) is 5.82 Å². The Morgan fingerprint density at radius 2 is 1.63 bits per heavy atom. The first kappa shape index (κ1) is 14.1. The fraction of sp³-hybridized carbons (Fsp3) is 0.143. The molecule has 0 fully saturated rings. The maximum atomic E-state index is 13.7. The second-order valence-corrected chi connectivity index (χ2v) is 5.13. The lowest BCUT2D eigenvalue weighted by atomic mass is 9.97. The molecule has 2 aromatic rings. The number of benzene rings is 2. The molecule has 0 amide bonds. The number of halogens is 4. The molecule has 0 spiro atoms. The van der Waals surface area contributed by atoms with E-state index in [1.807, 2.05) is 6.92 Å². The van der Waals surface area contributed by atoms with E-state index in [0.717, 1.165) is 16.1 Å². The van der Waals surface area contributed by atoms with Crippen LogP contribution in [-0.4, -0.2) is 0 Å². The minimum Gasteiger partial charge on any atom is -0.320 e. The zero-order valence-corrected chi connectivity index (χ0v) is 11.6. The van der Waals surface area contributed by atoms with Crippen LogP contribution in [-0.2, 0) is 0 Å². The fourth-order valence-electron chi connectivity index (χ4n) is 1.82. The Kier molecular flexibility index (Phi) is 3.96. The predicted molar refractivity (Wildman–Crippen MR) is 71.2 cm³/mol. The molecular weight excluding hydrogens is 319 g/mol. The number of nitrogens with two attached hydrogens (primary N) is 1. The van der Waals surface area contributed by atoms with Gasteiger partial charge in [-0.05, 0) is 30.2 Å². The Morgan fingerprint density at radius 1 is 1.00 bits per heavy atom. The van der Waals surface area contributed by atoms with Gasteiger partial charge in [0, 0.05) is 16.1 Å². The van der Waals surface area contributed by atoms with E-state index in [4.69, 9.17) is 5.73 Å². The van der Waals surface area contributed by atoms with Crippen LogP contribution in [0, 0.1) is 24.4 Å². The Balaban J connectivity index is 2.46. The molecule has 0 aliphatic rings. The van der Waals surface area contributed by atoms with Crippen molar-refractivity contribution < 1.29 is 13.2 Å². The van der Waals surface area contributed by atoms with Gasteiger partial charge < -0.3 is 5.73 Å². The second kappa shape index (κ2) is 5.35. The molecular formula is C14H11BrF3N. The summed E-state index contributed by atoms with van der Waals surface area (Å²) in [4.78, 5) is 0. The van der Waals surface area contributed by atoms with E-state index in [2.05, 4.69) is 15.9 Å². The van der Waals surface area contributed by atoms with Crippen molar-refractivity contribution in [1.82, 2.24) is 0 Å². The molecule has 0 heterocycles. The molecule has 0 bridgehead atoms. The molecule has 1 unspecified atom stereocenters. The van der Waals surface area contributed by atoms with Crippen molar-refractivity contribution in [2.45, 2.75) is 13.0 Å². The highest BCUT2D eigenvalue weighted by Gasteiger charge is 2.17. The molecule has 1 atom stereocenters. The molecule has 2 rings (SSSR count). The third kappa shape index (κ3) is 2.82. The normalized spacial score (nSPS) is 12.5. The summed E-state index contributed by atoms with van der Waals surface area (Å²) < 4.78 is 40.6. The second-order valence-electron chi connectivity index (χ2n) is 4.27. The zero-order chi connectivity index (χ0) is 14.2. The molecule has 0 saturated carbocycles. The number of hydrogen-bond donors (Lipinski definition) is 1. The number of aryl methyl sites for hydroxylation is 1. The summed E-state index contributed by atoms with van der Waals surface area (Å²) in [5.41, 5.74) is 7.40. The maximum absolute atomic E-state index is 13.7. The molecule has 0 saturated heterocycles. The molecule has 0 aromatic heterocycles. The Hall–Kier alpha value is -1.33. The summed E-state index contributed by atoms with van der Waals surface area (Å²) in [7, 11) is 0. The van der Waals surface area contributed by atoms with E-state index < -0.39 is 23.5 Å². The van der Waals surface area contributed by atoms with Crippen molar-refractivity contribution >= 4 is 15.9 Å². The van der Waals surface area contributed by atoms with Gasteiger partial charge in [-0.25, -0.2) is 13.2 Å². The summed E-state index contributed by atoms with van der Waals surface area (Å²) in [5.74, 6) is -3.19. The van der Waals surface area contributed by atoms with Crippen LogP contribution in [0.15, 0.2) is 34.8 Å². The molecule has 0 radical (unpaired) electrons. The van der Waals surface area contributed by atoms with Gasteiger partial charge in [-0.2, -0.15) is 0 Å². The van der Waals surface area contributed by atoms with Gasteiger partial charge in [-0.1, -0.05) is 28.1 Å². The lowest BCUT2D eigenvalue weighted by Crippen LogP contribution is -2.14. The lowest BCUT2D eigenvalue weighted by molar-refractivity contribution is 0.487. The molecule has 2 aromatic carbocycles. The third-order valence-corrected chi connectivity index (χ3v) is 3.81. The first-order valence-electron chi connectivity index (χ1n) is 5.56. The van der Waals surface area contributed by atoms with Crippen molar-refractivity contribution in [3.8, 4) is 0 Å². The highest BCUT2D eigenvalue weighted by molar-refractivity contribution is 9.10. The van der Waals surface area contributed by atoms with E-state index in [-0.39, 0.29) is 5.56 Å². The van der Waals surface area contributed by atoms with Gasteiger partial charge in [0.05, 0.1) is 6.04 Å². The van der Waals surface area contributed by atoms with Gasteiger partial charge >= 0.3 is 0 Å². The van der Waals surface area contributed by atoms with Gasteiger partial charge in [0.15, 0.2) is 11.6 Å². The summed E-state index contributed by atoms with van der Waals surface area (Å²) in [5, 5.41) is 0. The topological polar surface area (TPSA) is 26.0 Å². The fourth-order valence-corrected chi connectivity index (χ4v) is 2.06. The van der Waals surface area contributed by atoms with Crippen LogP contribution >= 0.6 is 15.9 Å². The van der Waals surface area contributed by atoms with Crippen LogP contribution in [0.2, 0.25) is 0 Å². The van der Waals surface area contributed by atoms with Crippen LogP contribution in [0.3, 0.4) is 0 Å². The molecule has 100 valence electrons. The molecule has 0 aliphatic heterocycles. The van der Waals surface area contributed by atoms with Crippen molar-refractivity contribution in [3.63, 3.8) is 0 Å². The summed E-state index contributed by atoms with van der Waals surface area (Å²) in [6.07, 6.45) is 0. The van der Waals surface area contributed by atoms with Gasteiger partial charge in [-0.15, -0.1) is 0 Å². The first-order valence-corrected chi connectivity index (χ1v) is 6.35. The van der Waals surface area contributed by atoms with Crippen molar-refractivity contribution in [2.75, 3.05) is 0 Å². The smallest absolute Gasteiger partial charge is 0.161 e. The average molecular weight is 330 g/mol. The van der Waals surface area contributed by atoms with E-state index in [9.17, 15) is 13.2 Å². The highest BCUT2D eigenvalue weighted by Crippen LogP contribution is 2.27. The monoisotopic (exact) mass is 329 g/mol. The average Bonchev–Trinajstić information content (AvgIpc) is 2.36. The largest absolute Gasteiger partial charge is 0.320 e. The molecule has 2 N–H and O–H groups in total. The molecule has 1 nitrogen and oxygen atoms in total. The maximum Gasteiger partial charge on any atom is 0.161 e. The molecule has 19 heavy (non-hydrogen) atoms. The van der Waals surface area contributed by atoms with Crippen LogP contribution in [0.25, 0.3) is 0 Å². The van der Waals surface area contributed by atoms with Crippen molar-refractivity contribution in [3.05, 3.63) is 68.9 Å². The molecule has 0 aliphatic carbocycles. The van der Waals surface area contributed by atoms with Gasteiger partial charge in [0.2, 0.25) is 0 Å².